The zero-order valence-corrected chi connectivity index (χ0v) is 15.4. The molecule has 144 valence electrons. The van der Waals surface area contributed by atoms with Crippen LogP contribution in [-0.4, -0.2) is 67.3 Å². The van der Waals surface area contributed by atoms with E-state index in [4.69, 9.17) is 9.47 Å². The van der Waals surface area contributed by atoms with E-state index in [0.717, 1.165) is 44.2 Å². The van der Waals surface area contributed by atoms with Gasteiger partial charge in [-0.2, -0.15) is 0 Å². The monoisotopic (exact) mass is 372 g/mol. The summed E-state index contributed by atoms with van der Waals surface area (Å²) in [5, 5.41) is 2.83. The Morgan fingerprint density at radius 1 is 1.30 bits per heavy atom. The Hall–Kier alpha value is -2.71. The summed E-state index contributed by atoms with van der Waals surface area (Å²) in [6, 6.07) is 8.70. The van der Waals surface area contributed by atoms with Gasteiger partial charge in [0.15, 0.2) is 0 Å². The van der Waals surface area contributed by atoms with Gasteiger partial charge in [-0.15, -0.1) is 0 Å². The number of morpholine rings is 1. The number of hydrogen-bond acceptors (Lipinski definition) is 6. The summed E-state index contributed by atoms with van der Waals surface area (Å²) in [6.45, 7) is 4.42. The fourth-order valence-corrected chi connectivity index (χ4v) is 2.89. The van der Waals surface area contributed by atoms with Gasteiger partial charge in [0, 0.05) is 38.7 Å². The summed E-state index contributed by atoms with van der Waals surface area (Å²) in [6.07, 6.45) is 0.425. The van der Waals surface area contributed by atoms with Crippen LogP contribution in [0.15, 0.2) is 35.1 Å². The minimum absolute atomic E-state index is 0.129. The number of benzene rings is 1. The molecule has 0 bridgehead atoms. The highest BCUT2D eigenvalue weighted by atomic mass is 16.5. The second-order valence-electron chi connectivity index (χ2n) is 6.31. The van der Waals surface area contributed by atoms with Crippen LogP contribution in [0, 0.1) is 0 Å². The lowest BCUT2D eigenvalue weighted by molar-refractivity contribution is 0.0383. The van der Waals surface area contributed by atoms with E-state index in [1.807, 2.05) is 24.3 Å². The summed E-state index contributed by atoms with van der Waals surface area (Å²) in [5.74, 6) is 0.866. The molecule has 0 spiro atoms. The molecule has 1 saturated heterocycles. The average molecular weight is 372 g/mol. The third-order valence-electron chi connectivity index (χ3n) is 4.37. The molecule has 0 aliphatic carbocycles. The van der Waals surface area contributed by atoms with Crippen LogP contribution >= 0.6 is 0 Å². The van der Waals surface area contributed by atoms with Crippen molar-refractivity contribution in [3.05, 3.63) is 57.8 Å². The number of aromatic nitrogens is 2. The van der Waals surface area contributed by atoms with Crippen LogP contribution in [0.4, 0.5) is 0 Å². The first kappa shape index (κ1) is 19.1. The van der Waals surface area contributed by atoms with Crippen molar-refractivity contribution in [3.8, 4) is 5.75 Å². The van der Waals surface area contributed by atoms with Gasteiger partial charge >= 0.3 is 0 Å². The van der Waals surface area contributed by atoms with E-state index in [-0.39, 0.29) is 17.2 Å². The number of hydrogen-bond donors (Lipinski definition) is 2. The first-order valence-corrected chi connectivity index (χ1v) is 8.95. The lowest BCUT2D eigenvalue weighted by Gasteiger charge is -2.26. The highest BCUT2D eigenvalue weighted by Gasteiger charge is 2.13. The Balaban J connectivity index is 1.59. The van der Waals surface area contributed by atoms with Crippen molar-refractivity contribution in [2.24, 2.45) is 0 Å². The molecular weight excluding hydrogens is 348 g/mol. The minimum Gasteiger partial charge on any atom is -0.497 e. The molecule has 1 fully saturated rings. The first-order chi connectivity index (χ1) is 13.1. The van der Waals surface area contributed by atoms with Crippen molar-refractivity contribution in [2.45, 2.75) is 6.42 Å². The zero-order valence-electron chi connectivity index (χ0n) is 15.4. The van der Waals surface area contributed by atoms with Crippen LogP contribution in [0.1, 0.15) is 21.9 Å². The fourth-order valence-electron chi connectivity index (χ4n) is 2.89. The topological polar surface area (TPSA) is 96.5 Å². The smallest absolute Gasteiger partial charge is 0.270 e. The van der Waals surface area contributed by atoms with E-state index < -0.39 is 0 Å². The average Bonchev–Trinajstić information content (AvgIpc) is 2.69. The zero-order chi connectivity index (χ0) is 19.1. The molecule has 0 saturated carbocycles. The van der Waals surface area contributed by atoms with E-state index >= 15 is 0 Å². The fraction of sp³-hybridized carbons (Fsp3) is 0.421. The molecule has 1 aromatic heterocycles. The number of methoxy groups -OCH3 is 1. The van der Waals surface area contributed by atoms with Gasteiger partial charge in [-0.1, -0.05) is 12.1 Å². The Bertz CT molecular complexity index is 813. The molecule has 1 aliphatic heterocycles. The molecule has 2 N–H and O–H groups in total. The molecule has 1 aliphatic rings. The molecular formula is C19H24N4O4. The van der Waals surface area contributed by atoms with Gasteiger partial charge in [0.25, 0.3) is 11.5 Å². The summed E-state index contributed by atoms with van der Waals surface area (Å²) in [5.41, 5.74) is 0.750. The van der Waals surface area contributed by atoms with Gasteiger partial charge in [0.1, 0.15) is 17.3 Å². The van der Waals surface area contributed by atoms with Crippen LogP contribution in [0.3, 0.4) is 0 Å². The largest absolute Gasteiger partial charge is 0.497 e. The van der Waals surface area contributed by atoms with E-state index in [9.17, 15) is 9.59 Å². The molecule has 2 aromatic rings. The van der Waals surface area contributed by atoms with Crippen molar-refractivity contribution in [1.82, 2.24) is 20.2 Å². The number of nitrogens with zero attached hydrogens (tertiary/aromatic N) is 2. The Labute approximate surface area is 157 Å². The molecule has 1 amide bonds. The van der Waals surface area contributed by atoms with Crippen LogP contribution in [0.5, 0.6) is 5.75 Å². The Kier molecular flexibility index (Phi) is 6.56. The van der Waals surface area contributed by atoms with Crippen molar-refractivity contribution in [1.29, 1.82) is 0 Å². The molecule has 0 atom stereocenters. The quantitative estimate of drug-likeness (QED) is 0.732. The highest BCUT2D eigenvalue weighted by Crippen LogP contribution is 2.13. The molecule has 0 radical (unpaired) electrons. The summed E-state index contributed by atoms with van der Waals surface area (Å²) < 4.78 is 10.4. The van der Waals surface area contributed by atoms with Gasteiger partial charge in [-0.05, 0) is 17.7 Å². The predicted molar refractivity (Wildman–Crippen MR) is 100 cm³/mol. The number of amides is 1. The number of ether oxygens (including phenoxy) is 2. The Morgan fingerprint density at radius 3 is 2.74 bits per heavy atom. The lowest BCUT2D eigenvalue weighted by atomic mass is 10.1. The normalized spacial score (nSPS) is 14.7. The maximum Gasteiger partial charge on any atom is 0.270 e. The maximum atomic E-state index is 12.3. The number of aromatic amines is 1. The molecule has 8 heteroatoms. The van der Waals surface area contributed by atoms with Crippen molar-refractivity contribution >= 4 is 5.91 Å². The van der Waals surface area contributed by atoms with Gasteiger partial charge in [0.05, 0.1) is 20.3 Å². The molecule has 0 unspecified atom stereocenters. The summed E-state index contributed by atoms with van der Waals surface area (Å²) >= 11 is 0. The lowest BCUT2D eigenvalue weighted by Crippen LogP contribution is -2.41. The van der Waals surface area contributed by atoms with Crippen molar-refractivity contribution in [2.75, 3.05) is 46.5 Å². The first-order valence-electron chi connectivity index (χ1n) is 8.95. The third kappa shape index (κ3) is 5.63. The summed E-state index contributed by atoms with van der Waals surface area (Å²) in [7, 11) is 1.61. The second kappa shape index (κ2) is 9.29. The maximum absolute atomic E-state index is 12.3. The van der Waals surface area contributed by atoms with Crippen molar-refractivity contribution < 1.29 is 14.3 Å². The minimum atomic E-state index is -0.342. The van der Waals surface area contributed by atoms with E-state index in [1.54, 1.807) is 7.11 Å². The van der Waals surface area contributed by atoms with Crippen LogP contribution < -0.4 is 15.6 Å². The Morgan fingerprint density at radius 2 is 2.04 bits per heavy atom. The number of nitrogens with one attached hydrogen (secondary N) is 2. The molecule has 1 aromatic carbocycles. The van der Waals surface area contributed by atoms with Crippen LogP contribution in [0.2, 0.25) is 0 Å². The van der Waals surface area contributed by atoms with E-state index in [2.05, 4.69) is 20.2 Å². The SMILES string of the molecule is COc1ccc(Cc2nc(C(=O)NCCN3CCOCC3)cc(=O)[nH]2)cc1. The van der Waals surface area contributed by atoms with E-state index in [0.29, 0.717) is 18.8 Å². The second-order valence-corrected chi connectivity index (χ2v) is 6.31. The molecule has 8 nitrogen and oxygen atoms in total. The molecule has 3 rings (SSSR count). The van der Waals surface area contributed by atoms with E-state index in [1.165, 1.54) is 6.07 Å². The predicted octanol–water partition coefficient (Wildman–Crippen LogP) is 0.431. The number of carbonyl (C=O) groups is 1. The van der Waals surface area contributed by atoms with Crippen molar-refractivity contribution in [3.63, 3.8) is 0 Å². The number of carbonyl (C=O) groups excluding carboxylic acids is 1. The van der Waals surface area contributed by atoms with Gasteiger partial charge < -0.3 is 19.8 Å². The number of H-pyrrole nitrogens is 1. The summed E-state index contributed by atoms with van der Waals surface area (Å²) in [4.78, 5) is 33.5. The van der Waals surface area contributed by atoms with Gasteiger partial charge in [-0.3, -0.25) is 14.5 Å². The van der Waals surface area contributed by atoms with Gasteiger partial charge in [-0.25, -0.2) is 4.98 Å². The van der Waals surface area contributed by atoms with Crippen LogP contribution in [0.25, 0.3) is 0 Å². The molecule has 2 heterocycles. The third-order valence-corrected chi connectivity index (χ3v) is 4.37. The van der Waals surface area contributed by atoms with Gasteiger partial charge in [0.2, 0.25) is 0 Å². The highest BCUT2D eigenvalue weighted by molar-refractivity contribution is 5.92. The molecule has 27 heavy (non-hydrogen) atoms. The van der Waals surface area contributed by atoms with Crippen LogP contribution in [-0.2, 0) is 11.2 Å². The standard InChI is InChI=1S/C19H24N4O4/c1-26-15-4-2-14(3-5-15)12-17-21-16(13-18(24)22-17)19(25)20-6-7-23-8-10-27-11-9-23/h2-5,13H,6-12H2,1H3,(H,20,25)(H,21,22,24). The number of rotatable bonds is 7.